The van der Waals surface area contributed by atoms with E-state index in [1.165, 1.54) is 0 Å². The summed E-state index contributed by atoms with van der Waals surface area (Å²) in [6.07, 6.45) is 0. The number of aromatic amines is 1. The standard InChI is InChI=1S/C9H11N5O/c10-5-1-2-6-7(3-5)14-9(13-6)12-4-8(11)15/h1-3H,4,10H2,(H2,11,15)(H2,12,13,14). The Labute approximate surface area is 85.7 Å². The number of fused-ring (bicyclic) bond motifs is 1. The van der Waals surface area contributed by atoms with Gasteiger partial charge in [0, 0.05) is 5.69 Å². The van der Waals surface area contributed by atoms with Crippen LogP contribution in [0.5, 0.6) is 0 Å². The Morgan fingerprint density at radius 1 is 1.53 bits per heavy atom. The first kappa shape index (κ1) is 9.32. The first-order valence-corrected chi connectivity index (χ1v) is 4.42. The first-order valence-electron chi connectivity index (χ1n) is 4.42. The van der Waals surface area contributed by atoms with Crippen molar-refractivity contribution in [1.29, 1.82) is 0 Å². The van der Waals surface area contributed by atoms with Gasteiger partial charge in [-0.05, 0) is 18.2 Å². The van der Waals surface area contributed by atoms with Gasteiger partial charge in [0.1, 0.15) is 0 Å². The van der Waals surface area contributed by atoms with Crippen LogP contribution in [-0.2, 0) is 4.79 Å². The number of hydrogen-bond donors (Lipinski definition) is 4. The maximum atomic E-state index is 10.5. The van der Waals surface area contributed by atoms with Crippen molar-refractivity contribution in [1.82, 2.24) is 9.97 Å². The topological polar surface area (TPSA) is 110 Å². The fourth-order valence-electron chi connectivity index (χ4n) is 1.28. The van der Waals surface area contributed by atoms with E-state index < -0.39 is 5.91 Å². The monoisotopic (exact) mass is 205 g/mol. The highest BCUT2D eigenvalue weighted by Crippen LogP contribution is 2.16. The molecule has 6 heteroatoms. The molecule has 78 valence electrons. The number of imidazole rings is 1. The number of nitrogen functional groups attached to an aromatic ring is 1. The number of amides is 1. The third-order valence-electron chi connectivity index (χ3n) is 1.94. The van der Waals surface area contributed by atoms with E-state index in [0.717, 1.165) is 11.0 Å². The fraction of sp³-hybridized carbons (Fsp3) is 0.111. The van der Waals surface area contributed by atoms with Gasteiger partial charge in [0.25, 0.3) is 0 Å². The number of benzene rings is 1. The van der Waals surface area contributed by atoms with Gasteiger partial charge in [0.15, 0.2) is 0 Å². The van der Waals surface area contributed by atoms with Gasteiger partial charge in [-0.2, -0.15) is 0 Å². The molecule has 0 aliphatic carbocycles. The molecule has 0 radical (unpaired) electrons. The van der Waals surface area contributed by atoms with Gasteiger partial charge in [-0.3, -0.25) is 4.79 Å². The van der Waals surface area contributed by atoms with Gasteiger partial charge in [-0.15, -0.1) is 0 Å². The lowest BCUT2D eigenvalue weighted by Gasteiger charge is -1.96. The second kappa shape index (κ2) is 3.49. The Morgan fingerprint density at radius 2 is 2.33 bits per heavy atom. The molecule has 1 aromatic heterocycles. The Balaban J connectivity index is 2.27. The molecule has 0 bridgehead atoms. The van der Waals surface area contributed by atoms with E-state index >= 15 is 0 Å². The van der Waals surface area contributed by atoms with Crippen molar-refractivity contribution in [2.75, 3.05) is 17.6 Å². The van der Waals surface area contributed by atoms with Crippen LogP contribution in [0.2, 0.25) is 0 Å². The van der Waals surface area contributed by atoms with Crippen molar-refractivity contribution >= 4 is 28.6 Å². The van der Waals surface area contributed by atoms with Gasteiger partial charge in [-0.25, -0.2) is 4.98 Å². The number of primary amides is 1. The van der Waals surface area contributed by atoms with Crippen molar-refractivity contribution in [2.24, 2.45) is 5.73 Å². The summed E-state index contributed by atoms with van der Waals surface area (Å²) in [5, 5.41) is 2.77. The predicted octanol–water partition coefficient (Wildman–Crippen LogP) is 0.0423. The summed E-state index contributed by atoms with van der Waals surface area (Å²) in [7, 11) is 0. The summed E-state index contributed by atoms with van der Waals surface area (Å²) in [5.41, 5.74) is 12.9. The Morgan fingerprint density at radius 3 is 3.07 bits per heavy atom. The molecule has 0 saturated carbocycles. The number of rotatable bonds is 3. The minimum atomic E-state index is -0.435. The van der Waals surface area contributed by atoms with E-state index in [1.807, 2.05) is 0 Å². The first-order chi connectivity index (χ1) is 7.15. The van der Waals surface area contributed by atoms with Gasteiger partial charge in [0.05, 0.1) is 17.6 Å². The Bertz CT molecular complexity index is 504. The Kier molecular flexibility index (Phi) is 2.17. The zero-order chi connectivity index (χ0) is 10.8. The number of aromatic nitrogens is 2. The van der Waals surface area contributed by atoms with E-state index in [9.17, 15) is 4.79 Å². The van der Waals surface area contributed by atoms with Crippen LogP contribution in [-0.4, -0.2) is 22.4 Å². The third kappa shape index (κ3) is 1.98. The van der Waals surface area contributed by atoms with E-state index in [1.54, 1.807) is 18.2 Å². The van der Waals surface area contributed by atoms with Crippen molar-refractivity contribution in [3.05, 3.63) is 18.2 Å². The average molecular weight is 205 g/mol. The van der Waals surface area contributed by atoms with Crippen molar-refractivity contribution < 1.29 is 4.79 Å². The lowest BCUT2D eigenvalue weighted by Crippen LogP contribution is -2.22. The molecule has 2 aromatic rings. The smallest absolute Gasteiger partial charge is 0.236 e. The quantitative estimate of drug-likeness (QED) is 0.530. The molecule has 1 aromatic carbocycles. The lowest BCUT2D eigenvalue weighted by molar-refractivity contribution is -0.116. The van der Waals surface area contributed by atoms with E-state index in [4.69, 9.17) is 11.5 Å². The van der Waals surface area contributed by atoms with Crippen LogP contribution < -0.4 is 16.8 Å². The molecular weight excluding hydrogens is 194 g/mol. The molecule has 1 amide bonds. The second-order valence-corrected chi connectivity index (χ2v) is 3.18. The summed E-state index contributed by atoms with van der Waals surface area (Å²) >= 11 is 0. The maximum Gasteiger partial charge on any atom is 0.236 e. The van der Waals surface area contributed by atoms with Crippen LogP contribution >= 0.6 is 0 Å². The number of anilines is 2. The average Bonchev–Trinajstić information content (AvgIpc) is 2.56. The predicted molar refractivity (Wildman–Crippen MR) is 58.2 cm³/mol. The minimum Gasteiger partial charge on any atom is -0.399 e. The van der Waals surface area contributed by atoms with Gasteiger partial charge < -0.3 is 21.8 Å². The van der Waals surface area contributed by atoms with Gasteiger partial charge in [-0.1, -0.05) is 0 Å². The number of nitrogens with two attached hydrogens (primary N) is 2. The van der Waals surface area contributed by atoms with Crippen molar-refractivity contribution in [3.63, 3.8) is 0 Å². The molecular formula is C9H11N5O. The van der Waals surface area contributed by atoms with Crippen LogP contribution in [0.25, 0.3) is 11.0 Å². The normalized spacial score (nSPS) is 10.4. The molecule has 6 N–H and O–H groups in total. The molecule has 1 heterocycles. The molecule has 0 aliphatic rings. The maximum absolute atomic E-state index is 10.5. The number of hydrogen-bond acceptors (Lipinski definition) is 4. The zero-order valence-electron chi connectivity index (χ0n) is 7.95. The summed E-state index contributed by atoms with van der Waals surface area (Å²) in [5.74, 6) is 0.0735. The van der Waals surface area contributed by atoms with Crippen LogP contribution in [0.15, 0.2) is 18.2 Å². The van der Waals surface area contributed by atoms with E-state index in [-0.39, 0.29) is 6.54 Å². The van der Waals surface area contributed by atoms with E-state index in [2.05, 4.69) is 15.3 Å². The van der Waals surface area contributed by atoms with E-state index in [0.29, 0.717) is 11.6 Å². The highest BCUT2D eigenvalue weighted by atomic mass is 16.1. The molecule has 0 spiro atoms. The number of nitrogens with one attached hydrogen (secondary N) is 2. The highest BCUT2D eigenvalue weighted by molar-refractivity contribution is 5.82. The highest BCUT2D eigenvalue weighted by Gasteiger charge is 2.02. The molecule has 6 nitrogen and oxygen atoms in total. The lowest BCUT2D eigenvalue weighted by atomic mass is 10.3. The fourth-order valence-corrected chi connectivity index (χ4v) is 1.28. The number of H-pyrrole nitrogens is 1. The van der Waals surface area contributed by atoms with Crippen LogP contribution in [0.3, 0.4) is 0 Å². The molecule has 0 unspecified atom stereocenters. The largest absolute Gasteiger partial charge is 0.399 e. The second-order valence-electron chi connectivity index (χ2n) is 3.18. The van der Waals surface area contributed by atoms with Crippen LogP contribution in [0, 0.1) is 0 Å². The summed E-state index contributed by atoms with van der Waals surface area (Å²) in [6.45, 7) is 0.0509. The molecule has 0 saturated heterocycles. The van der Waals surface area contributed by atoms with Gasteiger partial charge in [0.2, 0.25) is 11.9 Å². The summed E-state index contributed by atoms with van der Waals surface area (Å²) in [6, 6.07) is 5.34. The summed E-state index contributed by atoms with van der Waals surface area (Å²) in [4.78, 5) is 17.7. The third-order valence-corrected chi connectivity index (χ3v) is 1.94. The zero-order valence-corrected chi connectivity index (χ0v) is 7.95. The van der Waals surface area contributed by atoms with Crippen molar-refractivity contribution in [2.45, 2.75) is 0 Å². The number of carbonyl (C=O) groups excluding carboxylic acids is 1. The summed E-state index contributed by atoms with van der Waals surface area (Å²) < 4.78 is 0. The molecule has 0 aliphatic heterocycles. The van der Waals surface area contributed by atoms with Crippen LogP contribution in [0.4, 0.5) is 11.6 Å². The van der Waals surface area contributed by atoms with Crippen molar-refractivity contribution in [3.8, 4) is 0 Å². The Hall–Kier alpha value is -2.24. The molecule has 0 fully saturated rings. The SMILES string of the molecule is NC(=O)CNc1nc2ccc(N)cc2[nH]1. The number of carbonyl (C=O) groups is 1. The van der Waals surface area contributed by atoms with Gasteiger partial charge >= 0.3 is 0 Å². The van der Waals surface area contributed by atoms with Crippen LogP contribution in [0.1, 0.15) is 0 Å². The minimum absolute atomic E-state index is 0.0509. The molecule has 0 atom stereocenters. The number of nitrogens with zero attached hydrogens (tertiary/aromatic N) is 1. The molecule has 2 rings (SSSR count). The molecule has 15 heavy (non-hydrogen) atoms.